The Kier molecular flexibility index (Phi) is 6.81. The second kappa shape index (κ2) is 10.5. The first-order valence-corrected chi connectivity index (χ1v) is 12.0. The number of hydrogen-bond donors (Lipinski definition) is 0. The van der Waals surface area contributed by atoms with Crippen molar-refractivity contribution in [3.05, 3.63) is 114 Å². The van der Waals surface area contributed by atoms with Gasteiger partial charge in [0.2, 0.25) is 0 Å². The molecule has 1 atom stereocenters. The van der Waals surface area contributed by atoms with E-state index in [0.717, 1.165) is 27.6 Å². The predicted molar refractivity (Wildman–Crippen MR) is 144 cm³/mol. The molecule has 1 unspecified atom stereocenters. The zero-order valence-electron chi connectivity index (χ0n) is 20.6. The number of hydrazone groups is 1. The molecule has 6 heteroatoms. The number of rotatable bonds is 6. The fourth-order valence-corrected chi connectivity index (χ4v) is 4.49. The van der Waals surface area contributed by atoms with Crippen LogP contribution in [0, 0.1) is 0 Å². The molecule has 0 fully saturated rings. The van der Waals surface area contributed by atoms with E-state index in [1.165, 1.54) is 18.0 Å². The van der Waals surface area contributed by atoms with E-state index in [2.05, 4.69) is 0 Å². The van der Waals surface area contributed by atoms with Crippen molar-refractivity contribution in [3.63, 3.8) is 0 Å². The molecule has 0 saturated heterocycles. The summed E-state index contributed by atoms with van der Waals surface area (Å²) in [6, 6.07) is 28.5. The van der Waals surface area contributed by atoms with E-state index in [1.54, 1.807) is 13.2 Å². The second-order valence-electron chi connectivity index (χ2n) is 8.72. The van der Waals surface area contributed by atoms with Gasteiger partial charge in [-0.3, -0.25) is 9.59 Å². The van der Waals surface area contributed by atoms with Crippen LogP contribution >= 0.6 is 0 Å². The van der Waals surface area contributed by atoms with E-state index in [0.29, 0.717) is 23.4 Å². The number of hydrogen-bond acceptors (Lipinski definition) is 5. The highest BCUT2D eigenvalue weighted by atomic mass is 16.5. The van der Waals surface area contributed by atoms with Crippen LogP contribution in [0.2, 0.25) is 0 Å². The van der Waals surface area contributed by atoms with Gasteiger partial charge in [0.25, 0.3) is 5.91 Å². The topological polar surface area (TPSA) is 68.2 Å². The standard InChI is InChI=1S/C31H26N2O4/c1-21(34)37-31-26-11-7-6-10-23(26)15-18-27(31)28-20-29(24-13-16-25(36-2)17-14-24)33(32-28)30(35)19-12-22-8-4-3-5-9-22/h3-19,29H,20H2,1-2H3. The molecule has 4 aromatic rings. The van der Waals surface area contributed by atoms with Crippen molar-refractivity contribution in [2.24, 2.45) is 5.10 Å². The summed E-state index contributed by atoms with van der Waals surface area (Å²) in [5.41, 5.74) is 3.21. The largest absolute Gasteiger partial charge is 0.497 e. The Morgan fingerprint density at radius 2 is 1.65 bits per heavy atom. The molecule has 184 valence electrons. The molecular formula is C31H26N2O4. The lowest BCUT2D eigenvalue weighted by atomic mass is 9.96. The maximum absolute atomic E-state index is 13.4. The summed E-state index contributed by atoms with van der Waals surface area (Å²) in [7, 11) is 1.62. The molecule has 37 heavy (non-hydrogen) atoms. The molecular weight excluding hydrogens is 464 g/mol. The first kappa shape index (κ1) is 24.0. The van der Waals surface area contributed by atoms with Crippen LogP contribution in [0.1, 0.15) is 36.1 Å². The third-order valence-electron chi connectivity index (χ3n) is 6.29. The first-order chi connectivity index (χ1) is 18.0. The van der Waals surface area contributed by atoms with Gasteiger partial charge in [0.1, 0.15) is 11.5 Å². The Morgan fingerprint density at radius 1 is 0.919 bits per heavy atom. The summed E-state index contributed by atoms with van der Waals surface area (Å²) in [6.07, 6.45) is 3.77. The Morgan fingerprint density at radius 3 is 2.38 bits per heavy atom. The van der Waals surface area contributed by atoms with Crippen molar-refractivity contribution >= 4 is 34.4 Å². The first-order valence-electron chi connectivity index (χ1n) is 12.0. The average Bonchev–Trinajstić information content (AvgIpc) is 3.37. The van der Waals surface area contributed by atoms with Crippen LogP contribution in [0.25, 0.3) is 16.8 Å². The number of fused-ring (bicyclic) bond motifs is 1. The van der Waals surface area contributed by atoms with Gasteiger partial charge in [-0.1, -0.05) is 72.8 Å². The van der Waals surface area contributed by atoms with E-state index in [9.17, 15) is 9.59 Å². The second-order valence-corrected chi connectivity index (χ2v) is 8.72. The minimum atomic E-state index is -0.415. The van der Waals surface area contributed by atoms with Crippen molar-refractivity contribution < 1.29 is 19.1 Å². The lowest BCUT2D eigenvalue weighted by Crippen LogP contribution is -2.25. The van der Waals surface area contributed by atoms with Crippen LogP contribution in [-0.4, -0.2) is 29.7 Å². The number of methoxy groups -OCH3 is 1. The maximum atomic E-state index is 13.4. The van der Waals surface area contributed by atoms with Crippen LogP contribution in [0.5, 0.6) is 11.5 Å². The molecule has 0 aromatic heterocycles. The SMILES string of the molecule is COc1ccc(C2CC(c3ccc4ccccc4c3OC(C)=O)=NN2C(=O)C=Cc2ccccc2)cc1. The van der Waals surface area contributed by atoms with Gasteiger partial charge in [-0.05, 0) is 40.8 Å². The molecule has 0 bridgehead atoms. The summed E-state index contributed by atoms with van der Waals surface area (Å²) in [4.78, 5) is 25.4. The van der Waals surface area contributed by atoms with E-state index < -0.39 is 5.97 Å². The summed E-state index contributed by atoms with van der Waals surface area (Å²) in [5.74, 6) is 0.527. The average molecular weight is 491 g/mol. The molecule has 6 nitrogen and oxygen atoms in total. The molecule has 5 rings (SSSR count). The maximum Gasteiger partial charge on any atom is 0.308 e. The van der Waals surface area contributed by atoms with Crippen LogP contribution in [-0.2, 0) is 9.59 Å². The van der Waals surface area contributed by atoms with Crippen molar-refractivity contribution in [2.75, 3.05) is 7.11 Å². The summed E-state index contributed by atoms with van der Waals surface area (Å²) < 4.78 is 11.0. The highest BCUT2D eigenvalue weighted by molar-refractivity contribution is 6.10. The van der Waals surface area contributed by atoms with Gasteiger partial charge in [-0.25, -0.2) is 5.01 Å². The lowest BCUT2D eigenvalue weighted by molar-refractivity contribution is -0.132. The quantitative estimate of drug-likeness (QED) is 0.184. The number of nitrogens with zero attached hydrogens (tertiary/aromatic N) is 2. The molecule has 0 aliphatic carbocycles. The molecule has 4 aromatic carbocycles. The minimum absolute atomic E-state index is 0.241. The zero-order valence-corrected chi connectivity index (χ0v) is 20.6. The summed E-state index contributed by atoms with van der Waals surface area (Å²) in [5, 5.41) is 8.04. The van der Waals surface area contributed by atoms with Gasteiger partial charge in [0.05, 0.1) is 18.9 Å². The van der Waals surface area contributed by atoms with Crippen LogP contribution in [0.4, 0.5) is 0 Å². The normalized spacial score (nSPS) is 15.1. The van der Waals surface area contributed by atoms with Gasteiger partial charge in [0, 0.05) is 30.4 Å². The minimum Gasteiger partial charge on any atom is -0.497 e. The van der Waals surface area contributed by atoms with Crippen molar-refractivity contribution in [2.45, 2.75) is 19.4 Å². The van der Waals surface area contributed by atoms with E-state index in [-0.39, 0.29) is 11.9 Å². The lowest BCUT2D eigenvalue weighted by Gasteiger charge is -2.21. The number of carbonyl (C=O) groups is 2. The van der Waals surface area contributed by atoms with Gasteiger partial charge >= 0.3 is 5.97 Å². The van der Waals surface area contributed by atoms with Crippen molar-refractivity contribution in [3.8, 4) is 11.5 Å². The van der Waals surface area contributed by atoms with Crippen LogP contribution in [0.15, 0.2) is 102 Å². The predicted octanol–water partition coefficient (Wildman–Crippen LogP) is 6.16. The number of carbonyl (C=O) groups excluding carboxylic acids is 2. The van der Waals surface area contributed by atoms with Gasteiger partial charge in [-0.15, -0.1) is 0 Å². The fourth-order valence-electron chi connectivity index (χ4n) is 4.49. The van der Waals surface area contributed by atoms with Crippen LogP contribution in [0.3, 0.4) is 0 Å². The Bertz CT molecular complexity index is 1510. The van der Waals surface area contributed by atoms with Gasteiger partial charge in [-0.2, -0.15) is 5.10 Å². The molecule has 1 amide bonds. The smallest absolute Gasteiger partial charge is 0.308 e. The molecule has 1 aliphatic heterocycles. The van der Waals surface area contributed by atoms with E-state index in [1.807, 2.05) is 91.0 Å². The number of esters is 1. The molecule has 1 aliphatic rings. The monoisotopic (exact) mass is 490 g/mol. The molecule has 1 heterocycles. The molecule has 0 spiro atoms. The van der Waals surface area contributed by atoms with Gasteiger partial charge in [0.15, 0.2) is 0 Å². The third kappa shape index (κ3) is 5.14. The highest BCUT2D eigenvalue weighted by Crippen LogP contribution is 2.38. The summed E-state index contributed by atoms with van der Waals surface area (Å²) >= 11 is 0. The van der Waals surface area contributed by atoms with Crippen molar-refractivity contribution in [1.29, 1.82) is 0 Å². The molecule has 0 saturated carbocycles. The summed E-state index contributed by atoms with van der Waals surface area (Å²) in [6.45, 7) is 1.38. The zero-order chi connectivity index (χ0) is 25.8. The Balaban J connectivity index is 1.56. The fraction of sp³-hybridized carbons (Fsp3) is 0.129. The molecule has 0 radical (unpaired) electrons. The van der Waals surface area contributed by atoms with Crippen LogP contribution < -0.4 is 9.47 Å². The van der Waals surface area contributed by atoms with E-state index in [4.69, 9.17) is 14.6 Å². The Labute approximate surface area is 215 Å². The van der Waals surface area contributed by atoms with Crippen molar-refractivity contribution in [1.82, 2.24) is 5.01 Å². The highest BCUT2D eigenvalue weighted by Gasteiger charge is 2.33. The third-order valence-corrected chi connectivity index (χ3v) is 6.29. The Hall–Kier alpha value is -4.71. The number of benzene rings is 4. The molecule has 0 N–H and O–H groups in total. The number of ether oxygens (including phenoxy) is 2. The van der Waals surface area contributed by atoms with Gasteiger partial charge < -0.3 is 9.47 Å². The number of amides is 1. The van der Waals surface area contributed by atoms with E-state index >= 15 is 0 Å².